The van der Waals surface area contributed by atoms with E-state index >= 15 is 0 Å². The maximum absolute atomic E-state index is 12.0. The van der Waals surface area contributed by atoms with Gasteiger partial charge >= 0.3 is 0 Å². The Morgan fingerprint density at radius 2 is 2.13 bits per heavy atom. The Hall–Kier alpha value is -3.39. The third kappa shape index (κ3) is 4.11. The molecular weight excluding hydrogens is 416 g/mol. The van der Waals surface area contributed by atoms with E-state index in [1.165, 1.54) is 12.8 Å². The van der Waals surface area contributed by atoms with E-state index in [0.717, 1.165) is 11.5 Å². The first kappa shape index (κ1) is 19.6. The molecule has 1 aromatic carbocycles. The fraction of sp³-hybridized carbons (Fsp3) is 0.273. The average Bonchev–Trinajstić information content (AvgIpc) is 3.42. The number of anilines is 3. The van der Waals surface area contributed by atoms with Gasteiger partial charge < -0.3 is 10.6 Å². The predicted molar refractivity (Wildman–Crippen MR) is 119 cm³/mol. The number of hydrogen-bond donors (Lipinski definition) is 3. The number of hydrogen-bond acceptors (Lipinski definition) is 6. The Bertz CT molecular complexity index is 1230. The zero-order valence-electron chi connectivity index (χ0n) is 16.9. The first-order chi connectivity index (χ1) is 15.0. The van der Waals surface area contributed by atoms with E-state index in [4.69, 9.17) is 16.6 Å². The van der Waals surface area contributed by atoms with Crippen molar-refractivity contribution in [2.45, 2.75) is 32.2 Å². The molecule has 0 spiro atoms. The van der Waals surface area contributed by atoms with Crippen LogP contribution in [-0.2, 0) is 9.59 Å². The van der Waals surface area contributed by atoms with Crippen molar-refractivity contribution in [3.05, 3.63) is 52.7 Å². The maximum Gasteiger partial charge on any atom is 0.254 e. The zero-order valence-corrected chi connectivity index (χ0v) is 17.6. The molecule has 0 bridgehead atoms. The van der Waals surface area contributed by atoms with Crippen molar-refractivity contribution in [2.75, 3.05) is 10.6 Å². The van der Waals surface area contributed by atoms with Gasteiger partial charge in [-0.2, -0.15) is 9.61 Å². The summed E-state index contributed by atoms with van der Waals surface area (Å²) in [7, 11) is 0. The molecule has 0 unspecified atom stereocenters. The fourth-order valence-corrected chi connectivity index (χ4v) is 3.91. The quantitative estimate of drug-likeness (QED) is 0.401. The summed E-state index contributed by atoms with van der Waals surface area (Å²) >= 11 is 6.12. The van der Waals surface area contributed by atoms with Gasteiger partial charge in [0, 0.05) is 34.0 Å². The summed E-state index contributed by atoms with van der Waals surface area (Å²) in [5.74, 6) is 1.39. The highest BCUT2D eigenvalue weighted by atomic mass is 35.5. The molecule has 31 heavy (non-hydrogen) atoms. The third-order valence-electron chi connectivity index (χ3n) is 5.53. The molecule has 2 aromatic heterocycles. The lowest BCUT2D eigenvalue weighted by molar-refractivity contribution is -0.124. The van der Waals surface area contributed by atoms with E-state index in [9.17, 15) is 9.59 Å². The minimum Gasteiger partial charge on any atom is -0.367 e. The van der Waals surface area contributed by atoms with Gasteiger partial charge in [-0.25, -0.2) is 4.98 Å². The van der Waals surface area contributed by atoms with Crippen molar-refractivity contribution in [3.63, 3.8) is 0 Å². The second kappa shape index (κ2) is 7.70. The van der Waals surface area contributed by atoms with Gasteiger partial charge in [-0.15, -0.1) is 0 Å². The van der Waals surface area contributed by atoms with E-state index in [-0.39, 0.29) is 18.2 Å². The van der Waals surface area contributed by atoms with Crippen molar-refractivity contribution in [2.24, 2.45) is 5.92 Å². The van der Waals surface area contributed by atoms with Crippen LogP contribution in [0.25, 0.3) is 11.7 Å². The SMILES string of the molecule is C[C@H](Nc1cc(Nc2cccc(Cl)c2)nc2c(/C=C3\CC(=O)NC3=O)cnn12)C1CC1. The van der Waals surface area contributed by atoms with Gasteiger partial charge in [0.05, 0.1) is 12.6 Å². The molecule has 5 rings (SSSR count). The molecule has 2 fully saturated rings. The van der Waals surface area contributed by atoms with Crippen LogP contribution in [0.3, 0.4) is 0 Å². The van der Waals surface area contributed by atoms with E-state index < -0.39 is 0 Å². The predicted octanol–water partition coefficient (Wildman–Crippen LogP) is 3.77. The van der Waals surface area contributed by atoms with Crippen LogP contribution in [0.1, 0.15) is 31.7 Å². The zero-order chi connectivity index (χ0) is 21.5. The van der Waals surface area contributed by atoms with Crippen LogP contribution in [0.5, 0.6) is 0 Å². The van der Waals surface area contributed by atoms with Gasteiger partial charge in [0.1, 0.15) is 11.6 Å². The fourth-order valence-electron chi connectivity index (χ4n) is 3.72. The summed E-state index contributed by atoms with van der Waals surface area (Å²) < 4.78 is 1.73. The summed E-state index contributed by atoms with van der Waals surface area (Å²) in [6.45, 7) is 2.16. The van der Waals surface area contributed by atoms with Gasteiger partial charge in [-0.1, -0.05) is 17.7 Å². The molecule has 2 aliphatic rings. The summed E-state index contributed by atoms with van der Waals surface area (Å²) in [5.41, 5.74) is 2.45. The maximum atomic E-state index is 12.0. The first-order valence-electron chi connectivity index (χ1n) is 10.2. The molecule has 3 N–H and O–H groups in total. The monoisotopic (exact) mass is 436 g/mol. The van der Waals surface area contributed by atoms with Crippen molar-refractivity contribution < 1.29 is 9.59 Å². The molecule has 158 valence electrons. The smallest absolute Gasteiger partial charge is 0.254 e. The topological polar surface area (TPSA) is 100 Å². The number of benzene rings is 1. The number of rotatable bonds is 6. The minimum absolute atomic E-state index is 0.0560. The molecule has 2 amide bonds. The number of nitrogens with zero attached hydrogens (tertiary/aromatic N) is 3. The molecule has 1 aliphatic heterocycles. The van der Waals surface area contributed by atoms with Crippen molar-refractivity contribution in [1.82, 2.24) is 19.9 Å². The van der Waals surface area contributed by atoms with Gasteiger partial charge in [0.2, 0.25) is 5.91 Å². The lowest BCUT2D eigenvalue weighted by Gasteiger charge is -2.17. The Morgan fingerprint density at radius 1 is 1.29 bits per heavy atom. The second-order valence-electron chi connectivity index (χ2n) is 7.99. The molecule has 0 radical (unpaired) electrons. The summed E-state index contributed by atoms with van der Waals surface area (Å²) in [4.78, 5) is 28.3. The van der Waals surface area contributed by atoms with E-state index in [1.54, 1.807) is 16.8 Å². The Kier molecular flexibility index (Phi) is 4.86. The van der Waals surface area contributed by atoms with Crippen LogP contribution in [0, 0.1) is 5.92 Å². The van der Waals surface area contributed by atoms with Crippen LogP contribution in [0.4, 0.5) is 17.3 Å². The standard InChI is InChI=1S/C22H21ClN6O2/c1-12(13-5-6-13)25-19-10-18(26-17-4-2-3-16(23)9-17)27-21-15(11-24-29(19)21)7-14-8-20(30)28-22(14)31/h2-4,7,9-13,25H,5-6,8H2,1H3,(H,26,27)(H,28,30,31)/b14-7+/t12-/m0/s1. The van der Waals surface area contributed by atoms with E-state index in [0.29, 0.717) is 39.6 Å². The number of amides is 2. The van der Waals surface area contributed by atoms with Crippen LogP contribution < -0.4 is 16.0 Å². The summed E-state index contributed by atoms with van der Waals surface area (Å²) in [5, 5.41) is 14.2. The Morgan fingerprint density at radius 3 is 2.84 bits per heavy atom. The Labute approximate surface area is 183 Å². The molecule has 1 aliphatic carbocycles. The lowest BCUT2D eigenvalue weighted by Crippen LogP contribution is -2.20. The third-order valence-corrected chi connectivity index (χ3v) is 5.76. The highest BCUT2D eigenvalue weighted by Crippen LogP contribution is 2.34. The molecule has 3 heterocycles. The lowest BCUT2D eigenvalue weighted by atomic mass is 10.1. The van der Waals surface area contributed by atoms with E-state index in [1.807, 2.05) is 30.3 Å². The molecule has 1 saturated carbocycles. The highest BCUT2D eigenvalue weighted by molar-refractivity contribution is 6.30. The second-order valence-corrected chi connectivity index (χ2v) is 8.43. The summed E-state index contributed by atoms with van der Waals surface area (Å²) in [6.07, 6.45) is 5.82. The molecular formula is C22H21ClN6O2. The molecule has 3 aromatic rings. The van der Waals surface area contributed by atoms with E-state index in [2.05, 4.69) is 28.0 Å². The molecule has 1 saturated heterocycles. The summed E-state index contributed by atoms with van der Waals surface area (Å²) in [6, 6.07) is 9.61. The number of imide groups is 1. The van der Waals surface area contributed by atoms with Crippen LogP contribution in [0.15, 0.2) is 42.1 Å². The number of nitrogens with one attached hydrogen (secondary N) is 3. The number of carbonyl (C=O) groups is 2. The largest absolute Gasteiger partial charge is 0.367 e. The van der Waals surface area contributed by atoms with Crippen LogP contribution in [0.2, 0.25) is 5.02 Å². The van der Waals surface area contributed by atoms with Gasteiger partial charge in [0.25, 0.3) is 5.91 Å². The first-order valence-corrected chi connectivity index (χ1v) is 10.6. The van der Waals surface area contributed by atoms with Crippen molar-refractivity contribution >= 4 is 52.5 Å². The van der Waals surface area contributed by atoms with Crippen molar-refractivity contribution in [3.8, 4) is 0 Å². The van der Waals surface area contributed by atoms with Crippen LogP contribution >= 0.6 is 11.6 Å². The highest BCUT2D eigenvalue weighted by Gasteiger charge is 2.29. The van der Waals surface area contributed by atoms with Gasteiger partial charge in [0.15, 0.2) is 5.65 Å². The van der Waals surface area contributed by atoms with Gasteiger partial charge in [-0.3, -0.25) is 14.9 Å². The van der Waals surface area contributed by atoms with Crippen molar-refractivity contribution in [1.29, 1.82) is 0 Å². The number of fused-ring (bicyclic) bond motifs is 1. The number of aromatic nitrogens is 3. The van der Waals surface area contributed by atoms with Gasteiger partial charge in [-0.05, 0) is 50.0 Å². The Balaban J connectivity index is 1.57. The van der Waals surface area contributed by atoms with Crippen LogP contribution in [-0.4, -0.2) is 32.5 Å². The number of halogens is 1. The minimum atomic E-state index is -0.377. The number of carbonyl (C=O) groups excluding carboxylic acids is 2. The molecule has 8 nitrogen and oxygen atoms in total. The average molecular weight is 437 g/mol. The molecule has 1 atom stereocenters. The normalized spacial score (nSPS) is 18.5. The molecule has 9 heteroatoms.